The zero-order chi connectivity index (χ0) is 19.2. The Kier molecular flexibility index (Phi) is 4.44. The molecule has 1 atom stereocenters. The second-order valence-corrected chi connectivity index (χ2v) is 8.32. The highest BCUT2D eigenvalue weighted by atomic mass is 16.2. The Balaban J connectivity index is 1.49. The molecule has 4 amide bonds. The van der Waals surface area contributed by atoms with Gasteiger partial charge in [0.2, 0.25) is 5.91 Å². The zero-order valence-electron chi connectivity index (χ0n) is 16.0. The minimum atomic E-state index is -0.799. The fourth-order valence-corrected chi connectivity index (χ4v) is 4.65. The van der Waals surface area contributed by atoms with Gasteiger partial charge in [0.05, 0.1) is 0 Å². The molecule has 27 heavy (non-hydrogen) atoms. The highest BCUT2D eigenvalue weighted by molar-refractivity contribution is 6.09. The number of hydrogen-bond acceptors (Lipinski definition) is 3. The largest absolute Gasteiger partial charge is 0.336 e. The minimum absolute atomic E-state index is 0.158. The fourth-order valence-electron chi connectivity index (χ4n) is 4.65. The molecule has 0 aromatic heterocycles. The number of hydrogen-bond donors (Lipinski definition) is 1. The Labute approximate surface area is 159 Å². The summed E-state index contributed by atoms with van der Waals surface area (Å²) in [5, 5.41) is 2.91. The molecule has 6 heteroatoms. The molecule has 1 aromatic rings. The van der Waals surface area contributed by atoms with Crippen molar-refractivity contribution in [3.8, 4) is 0 Å². The number of carbonyl (C=O) groups excluding carboxylic acids is 3. The van der Waals surface area contributed by atoms with Crippen LogP contribution in [0.25, 0.3) is 0 Å². The third-order valence-corrected chi connectivity index (χ3v) is 6.51. The number of nitrogens with one attached hydrogen (secondary N) is 1. The fraction of sp³-hybridized carbons (Fsp3) is 0.571. The average Bonchev–Trinajstić information content (AvgIpc) is 2.92. The molecule has 2 heterocycles. The van der Waals surface area contributed by atoms with Crippen LogP contribution in [0.3, 0.4) is 0 Å². The van der Waals surface area contributed by atoms with E-state index in [4.69, 9.17) is 0 Å². The smallest absolute Gasteiger partial charge is 0.325 e. The van der Waals surface area contributed by atoms with E-state index in [2.05, 4.69) is 18.3 Å². The molecule has 1 spiro atoms. The summed E-state index contributed by atoms with van der Waals surface area (Å²) in [7, 11) is 0. The maximum atomic E-state index is 13.1. The van der Waals surface area contributed by atoms with E-state index in [9.17, 15) is 14.4 Å². The first-order valence-electron chi connectivity index (χ1n) is 9.93. The van der Waals surface area contributed by atoms with E-state index in [1.807, 2.05) is 18.2 Å². The van der Waals surface area contributed by atoms with Crippen molar-refractivity contribution >= 4 is 17.8 Å². The van der Waals surface area contributed by atoms with Crippen molar-refractivity contribution < 1.29 is 14.4 Å². The number of urea groups is 1. The van der Waals surface area contributed by atoms with Crippen molar-refractivity contribution in [3.63, 3.8) is 0 Å². The van der Waals surface area contributed by atoms with Crippen molar-refractivity contribution in [1.29, 1.82) is 0 Å². The lowest BCUT2D eigenvalue weighted by Crippen LogP contribution is -2.53. The van der Waals surface area contributed by atoms with Crippen molar-refractivity contribution in [3.05, 3.63) is 35.4 Å². The van der Waals surface area contributed by atoms with E-state index >= 15 is 0 Å². The number of fused-ring (bicyclic) bond motifs is 1. The summed E-state index contributed by atoms with van der Waals surface area (Å²) in [6.07, 6.45) is 3.97. The number of imide groups is 1. The van der Waals surface area contributed by atoms with Crippen molar-refractivity contribution in [2.45, 2.75) is 64.1 Å². The highest BCUT2D eigenvalue weighted by Crippen LogP contribution is 2.37. The van der Waals surface area contributed by atoms with Gasteiger partial charge < -0.3 is 10.2 Å². The molecule has 1 aliphatic carbocycles. The first kappa shape index (κ1) is 18.0. The third-order valence-electron chi connectivity index (χ3n) is 6.51. The van der Waals surface area contributed by atoms with Crippen LogP contribution in [0.4, 0.5) is 4.79 Å². The molecule has 2 fully saturated rings. The molecule has 4 rings (SSSR count). The lowest BCUT2D eigenvalue weighted by Gasteiger charge is -2.35. The van der Waals surface area contributed by atoms with Gasteiger partial charge in [-0.15, -0.1) is 0 Å². The zero-order valence-corrected chi connectivity index (χ0v) is 16.0. The quantitative estimate of drug-likeness (QED) is 0.814. The summed E-state index contributed by atoms with van der Waals surface area (Å²) < 4.78 is 0. The monoisotopic (exact) mass is 369 g/mol. The van der Waals surface area contributed by atoms with Gasteiger partial charge in [0, 0.05) is 13.1 Å². The average molecular weight is 369 g/mol. The third kappa shape index (κ3) is 3.01. The van der Waals surface area contributed by atoms with Crippen LogP contribution in [-0.2, 0) is 22.6 Å². The highest BCUT2D eigenvalue weighted by Gasteiger charge is 2.54. The van der Waals surface area contributed by atoms with E-state index in [1.165, 1.54) is 10.5 Å². The summed E-state index contributed by atoms with van der Waals surface area (Å²) in [6, 6.07) is 6.91. The second-order valence-electron chi connectivity index (χ2n) is 8.32. The van der Waals surface area contributed by atoms with Crippen LogP contribution in [0, 0.1) is 5.92 Å². The van der Waals surface area contributed by atoms with E-state index in [1.54, 1.807) is 11.8 Å². The van der Waals surface area contributed by atoms with Gasteiger partial charge in [-0.25, -0.2) is 9.69 Å². The van der Waals surface area contributed by atoms with Crippen LogP contribution in [0.15, 0.2) is 24.3 Å². The first-order valence-corrected chi connectivity index (χ1v) is 9.93. The summed E-state index contributed by atoms with van der Waals surface area (Å²) >= 11 is 0. The Morgan fingerprint density at radius 3 is 2.56 bits per heavy atom. The molecule has 144 valence electrons. The van der Waals surface area contributed by atoms with Crippen LogP contribution in [0.2, 0.25) is 0 Å². The predicted molar refractivity (Wildman–Crippen MR) is 101 cm³/mol. The van der Waals surface area contributed by atoms with Crippen LogP contribution >= 0.6 is 0 Å². The molecule has 1 N–H and O–H groups in total. The molecule has 3 aliphatic rings. The number of rotatable bonds is 2. The summed E-state index contributed by atoms with van der Waals surface area (Å²) in [4.78, 5) is 41.7. The SMILES string of the molecule is CC1CCC2(CC1)NC(=O)N(C(C)C(=O)N1CCc3ccccc3C1)C2=O. The van der Waals surface area contributed by atoms with Gasteiger partial charge in [0.15, 0.2) is 0 Å². The number of carbonyl (C=O) groups is 3. The van der Waals surface area contributed by atoms with Gasteiger partial charge in [-0.1, -0.05) is 31.2 Å². The Morgan fingerprint density at radius 1 is 1.19 bits per heavy atom. The molecule has 1 aromatic carbocycles. The molecular formula is C21H27N3O3. The Hall–Kier alpha value is -2.37. The normalized spacial score (nSPS) is 28.9. The van der Waals surface area contributed by atoms with Crippen molar-refractivity contribution in [2.24, 2.45) is 5.92 Å². The van der Waals surface area contributed by atoms with Crippen molar-refractivity contribution in [2.75, 3.05) is 6.54 Å². The minimum Gasteiger partial charge on any atom is -0.336 e. The molecule has 0 radical (unpaired) electrons. The maximum absolute atomic E-state index is 13.1. The van der Waals surface area contributed by atoms with Crippen LogP contribution in [-0.4, -0.2) is 45.8 Å². The summed E-state index contributed by atoms with van der Waals surface area (Å²) in [5.41, 5.74) is 1.60. The predicted octanol–water partition coefficient (Wildman–Crippen LogP) is 2.46. The van der Waals surface area contributed by atoms with Gasteiger partial charge in [0.25, 0.3) is 5.91 Å². The van der Waals surface area contributed by atoms with E-state index in [0.717, 1.165) is 24.8 Å². The molecule has 6 nitrogen and oxygen atoms in total. The molecule has 1 saturated heterocycles. The van der Waals surface area contributed by atoms with Gasteiger partial charge >= 0.3 is 6.03 Å². The molecule has 1 saturated carbocycles. The first-order chi connectivity index (χ1) is 12.9. The lowest BCUT2D eigenvalue weighted by molar-refractivity contribution is -0.144. The second kappa shape index (κ2) is 6.66. The Bertz CT molecular complexity index is 783. The van der Waals surface area contributed by atoms with Gasteiger partial charge in [-0.05, 0) is 56.1 Å². The number of nitrogens with zero attached hydrogens (tertiary/aromatic N) is 2. The molecular weight excluding hydrogens is 342 g/mol. The number of amides is 4. The van der Waals surface area contributed by atoms with E-state index < -0.39 is 17.6 Å². The number of benzene rings is 1. The summed E-state index contributed by atoms with van der Waals surface area (Å²) in [6.45, 7) is 5.00. The van der Waals surface area contributed by atoms with Crippen LogP contribution in [0.1, 0.15) is 50.7 Å². The van der Waals surface area contributed by atoms with Gasteiger partial charge in [0.1, 0.15) is 11.6 Å². The van der Waals surface area contributed by atoms with E-state index in [-0.39, 0.29) is 11.8 Å². The standard InChI is InChI=1S/C21H27N3O3/c1-14-7-10-21(11-8-14)19(26)24(20(27)22-21)15(2)18(25)23-12-9-16-5-3-4-6-17(16)13-23/h3-6,14-15H,7-13H2,1-2H3,(H,22,27). The van der Waals surface area contributed by atoms with E-state index in [0.29, 0.717) is 31.8 Å². The van der Waals surface area contributed by atoms with Crippen LogP contribution < -0.4 is 5.32 Å². The lowest BCUT2D eigenvalue weighted by atomic mass is 9.77. The molecule has 2 aliphatic heterocycles. The van der Waals surface area contributed by atoms with Crippen molar-refractivity contribution in [1.82, 2.24) is 15.1 Å². The van der Waals surface area contributed by atoms with Crippen LogP contribution in [0.5, 0.6) is 0 Å². The summed E-state index contributed by atoms with van der Waals surface area (Å²) in [5.74, 6) is 0.189. The topological polar surface area (TPSA) is 69.7 Å². The van der Waals surface area contributed by atoms with Gasteiger partial charge in [-0.2, -0.15) is 0 Å². The van der Waals surface area contributed by atoms with Gasteiger partial charge in [-0.3, -0.25) is 9.59 Å². The maximum Gasteiger partial charge on any atom is 0.325 e. The Morgan fingerprint density at radius 2 is 1.85 bits per heavy atom. The molecule has 0 bridgehead atoms. The molecule has 1 unspecified atom stereocenters.